The van der Waals surface area contributed by atoms with E-state index in [1.54, 1.807) is 0 Å². The summed E-state index contributed by atoms with van der Waals surface area (Å²) in [7, 11) is 4.18. The number of hydrogen-bond acceptors (Lipinski definition) is 0. The highest BCUT2D eigenvalue weighted by atomic mass is 15.2. The van der Waals surface area contributed by atoms with Crippen LogP contribution in [0, 0.1) is 0 Å². The van der Waals surface area contributed by atoms with Gasteiger partial charge in [0.05, 0.1) is 14.0 Å². The maximum atomic E-state index is 2.12. The van der Waals surface area contributed by atoms with Gasteiger partial charge in [-0.15, -0.1) is 0 Å². The molecule has 0 aromatic heterocycles. The van der Waals surface area contributed by atoms with E-state index in [1.165, 1.54) is 10.7 Å². The average Bonchev–Trinajstić information content (AvgIpc) is 1.98. The van der Waals surface area contributed by atoms with E-state index in [4.69, 9.17) is 0 Å². The van der Waals surface area contributed by atoms with Crippen LogP contribution in [0.5, 0.6) is 0 Å². The largest absolute Gasteiger partial charge is 0.343 e. The van der Waals surface area contributed by atoms with Crippen LogP contribution in [0.3, 0.4) is 0 Å². The van der Waals surface area contributed by atoms with Crippen LogP contribution in [0.4, 0.5) is 0 Å². The van der Waals surface area contributed by atoms with Crippen LogP contribution < -0.4 is 4.90 Å². The molecule has 0 aromatic rings. The van der Waals surface area contributed by atoms with E-state index in [-0.39, 0.29) is 0 Å². The number of rotatable bonds is 0. The Balaban J connectivity index is 2.85. The Morgan fingerprint density at radius 1 is 1.62 bits per heavy atom. The molecule has 0 fully saturated rings. The van der Waals surface area contributed by atoms with Crippen molar-refractivity contribution < 1.29 is 9.48 Å². The predicted molar refractivity (Wildman–Crippen MR) is 32.9 cm³/mol. The second-order valence-corrected chi connectivity index (χ2v) is 2.20. The monoisotopic (exact) mass is 112 g/mol. The van der Waals surface area contributed by atoms with Crippen molar-refractivity contribution in [3.63, 3.8) is 0 Å². The van der Waals surface area contributed by atoms with E-state index < -0.39 is 0 Å². The molecule has 2 heteroatoms. The Labute approximate surface area is 49.7 Å². The molecule has 0 radical (unpaired) electrons. The SMILES string of the molecule is CC1=[N+](C)C=C[NH+]1C. The van der Waals surface area contributed by atoms with E-state index in [2.05, 4.69) is 38.0 Å². The quantitative estimate of drug-likeness (QED) is 0.386. The lowest BCUT2D eigenvalue weighted by Crippen LogP contribution is -3.06. The van der Waals surface area contributed by atoms with Gasteiger partial charge in [-0.3, -0.25) is 0 Å². The second kappa shape index (κ2) is 1.71. The smallest absolute Gasteiger partial charge is 0.223 e. The molecule has 8 heavy (non-hydrogen) atoms. The molecule has 1 atom stereocenters. The number of hydrogen-bond donors (Lipinski definition) is 1. The van der Waals surface area contributed by atoms with Crippen molar-refractivity contribution >= 4 is 5.84 Å². The van der Waals surface area contributed by atoms with Crippen molar-refractivity contribution in [2.45, 2.75) is 6.92 Å². The third-order valence-electron chi connectivity index (χ3n) is 1.65. The summed E-state index contributed by atoms with van der Waals surface area (Å²) in [6.07, 6.45) is 4.19. The van der Waals surface area contributed by atoms with E-state index in [0.29, 0.717) is 0 Å². The maximum Gasteiger partial charge on any atom is 0.343 e. The zero-order chi connectivity index (χ0) is 6.15. The normalized spacial score (nSPS) is 27.6. The maximum absolute atomic E-state index is 2.12. The molecule has 1 aliphatic heterocycles. The topological polar surface area (TPSA) is 7.45 Å². The summed E-state index contributed by atoms with van der Waals surface area (Å²) in [5.74, 6) is 1.35. The van der Waals surface area contributed by atoms with Crippen LogP contribution in [0.25, 0.3) is 0 Å². The molecule has 44 valence electrons. The molecule has 1 aliphatic rings. The lowest BCUT2D eigenvalue weighted by atomic mass is 10.6. The van der Waals surface area contributed by atoms with Gasteiger partial charge in [-0.05, 0) is 0 Å². The van der Waals surface area contributed by atoms with Gasteiger partial charge in [-0.1, -0.05) is 0 Å². The van der Waals surface area contributed by atoms with Gasteiger partial charge >= 0.3 is 5.84 Å². The Morgan fingerprint density at radius 2 is 2.25 bits per heavy atom. The molecule has 0 saturated carbocycles. The van der Waals surface area contributed by atoms with Crippen molar-refractivity contribution in [2.75, 3.05) is 14.1 Å². The molecule has 0 spiro atoms. The van der Waals surface area contributed by atoms with Crippen molar-refractivity contribution in [1.82, 2.24) is 0 Å². The molecule has 2 nitrogen and oxygen atoms in total. The summed E-state index contributed by atoms with van der Waals surface area (Å²) < 4.78 is 2.12. The second-order valence-electron chi connectivity index (χ2n) is 2.20. The summed E-state index contributed by atoms with van der Waals surface area (Å²) in [6.45, 7) is 2.12. The van der Waals surface area contributed by atoms with Gasteiger partial charge in [0.15, 0.2) is 6.20 Å². The lowest BCUT2D eigenvalue weighted by Gasteiger charge is -1.93. The minimum atomic E-state index is 1.35. The van der Waals surface area contributed by atoms with Gasteiger partial charge in [-0.25, -0.2) is 4.90 Å². The molecule has 0 aliphatic carbocycles. The fourth-order valence-electron chi connectivity index (χ4n) is 0.734. The molecule has 0 aromatic carbocycles. The molecule has 0 saturated heterocycles. The van der Waals surface area contributed by atoms with Crippen LogP contribution in [-0.2, 0) is 0 Å². The summed E-state index contributed by atoms with van der Waals surface area (Å²) in [6, 6.07) is 0. The minimum Gasteiger partial charge on any atom is -0.223 e. The van der Waals surface area contributed by atoms with Crippen LogP contribution in [0.2, 0.25) is 0 Å². The first-order chi connectivity index (χ1) is 3.72. The molecule has 1 unspecified atom stereocenters. The summed E-state index contributed by atoms with van der Waals surface area (Å²) in [4.78, 5) is 1.37. The van der Waals surface area contributed by atoms with Gasteiger partial charge < -0.3 is 0 Å². The standard InChI is InChI=1S/C6H11N2/c1-6-7(2)4-5-8(6)3/h4-5H,1-3H3/q+1/p+1. The van der Waals surface area contributed by atoms with Crippen LogP contribution >= 0.6 is 0 Å². The van der Waals surface area contributed by atoms with E-state index in [0.717, 1.165) is 0 Å². The number of nitrogens with zero attached hydrogens (tertiary/aromatic N) is 1. The first-order valence-corrected chi connectivity index (χ1v) is 2.80. The number of quaternary nitrogens is 1. The highest BCUT2D eigenvalue weighted by molar-refractivity contribution is 5.66. The van der Waals surface area contributed by atoms with Crippen LogP contribution in [-0.4, -0.2) is 24.5 Å². The fraction of sp³-hybridized carbons (Fsp3) is 0.500. The Hall–Kier alpha value is -0.630. The molecule has 1 N–H and O–H groups in total. The van der Waals surface area contributed by atoms with Gasteiger partial charge in [0.1, 0.15) is 7.05 Å². The molecular formula is C6H12N2+2. The Bertz CT molecular complexity index is 156. The fourth-order valence-corrected chi connectivity index (χ4v) is 0.734. The highest BCUT2D eigenvalue weighted by Crippen LogP contribution is 1.75. The Morgan fingerprint density at radius 3 is 2.38 bits per heavy atom. The van der Waals surface area contributed by atoms with Crippen molar-refractivity contribution in [2.24, 2.45) is 0 Å². The van der Waals surface area contributed by atoms with Gasteiger partial charge in [0.2, 0.25) is 6.20 Å². The van der Waals surface area contributed by atoms with Gasteiger partial charge in [-0.2, -0.15) is 4.58 Å². The summed E-state index contributed by atoms with van der Waals surface area (Å²) >= 11 is 0. The van der Waals surface area contributed by atoms with Gasteiger partial charge in [0, 0.05) is 0 Å². The van der Waals surface area contributed by atoms with Crippen molar-refractivity contribution in [3.05, 3.63) is 12.4 Å². The average molecular weight is 112 g/mol. The predicted octanol–water partition coefficient (Wildman–Crippen LogP) is -0.953. The zero-order valence-corrected chi connectivity index (χ0v) is 5.60. The molecule has 1 rings (SSSR count). The lowest BCUT2D eigenvalue weighted by molar-refractivity contribution is -0.734. The van der Waals surface area contributed by atoms with Gasteiger partial charge in [0.25, 0.3) is 0 Å². The minimum absolute atomic E-state index is 1.35. The first kappa shape index (κ1) is 5.51. The van der Waals surface area contributed by atoms with Crippen molar-refractivity contribution in [1.29, 1.82) is 0 Å². The van der Waals surface area contributed by atoms with Crippen molar-refractivity contribution in [3.8, 4) is 0 Å². The molecular weight excluding hydrogens is 100 g/mol. The van der Waals surface area contributed by atoms with Crippen LogP contribution in [0.1, 0.15) is 6.92 Å². The van der Waals surface area contributed by atoms with E-state index >= 15 is 0 Å². The van der Waals surface area contributed by atoms with E-state index in [9.17, 15) is 0 Å². The third kappa shape index (κ3) is 0.670. The van der Waals surface area contributed by atoms with Crippen LogP contribution in [0.15, 0.2) is 12.4 Å². The zero-order valence-electron chi connectivity index (χ0n) is 5.60. The summed E-state index contributed by atoms with van der Waals surface area (Å²) in [5.41, 5.74) is 0. The first-order valence-electron chi connectivity index (χ1n) is 2.80. The molecule has 0 bridgehead atoms. The third-order valence-corrected chi connectivity index (χ3v) is 1.65. The highest BCUT2D eigenvalue weighted by Gasteiger charge is 2.18. The molecule has 0 amide bonds. The Kier molecular flexibility index (Phi) is 1.18. The number of amidine groups is 1. The number of nitrogens with one attached hydrogen (secondary N) is 1. The van der Waals surface area contributed by atoms with E-state index in [1.807, 2.05) is 0 Å². The summed E-state index contributed by atoms with van der Waals surface area (Å²) in [5, 5.41) is 0. The molecule has 1 heterocycles.